The van der Waals surface area contributed by atoms with Crippen LogP contribution in [0.4, 0.5) is 24.0 Å². The molecular weight excluding hydrogens is 415 g/mol. The normalized spacial score (nSPS) is 12.0. The molecular formula is C21H20F3N3O2S. The molecule has 0 saturated carbocycles. The Balaban J connectivity index is 1.96. The SMILES string of the molecule is CC(=O)c1sc(Nc2cccnc2Oc2ccccc2C(C)(C)C)nc1C(F)(F)F. The van der Waals surface area contributed by atoms with Crippen molar-refractivity contribution >= 4 is 27.9 Å². The highest BCUT2D eigenvalue weighted by atomic mass is 32.1. The van der Waals surface area contributed by atoms with E-state index in [4.69, 9.17) is 4.74 Å². The first-order chi connectivity index (χ1) is 14.0. The Labute approximate surface area is 176 Å². The number of halogens is 3. The molecule has 0 spiro atoms. The van der Waals surface area contributed by atoms with Gasteiger partial charge in [0.2, 0.25) is 5.88 Å². The van der Waals surface area contributed by atoms with Gasteiger partial charge in [-0.25, -0.2) is 9.97 Å². The molecule has 0 fully saturated rings. The minimum atomic E-state index is -4.72. The van der Waals surface area contributed by atoms with Crippen LogP contribution in [0, 0.1) is 0 Å². The van der Waals surface area contributed by atoms with Crippen LogP contribution < -0.4 is 10.1 Å². The van der Waals surface area contributed by atoms with Gasteiger partial charge in [0.15, 0.2) is 16.6 Å². The summed E-state index contributed by atoms with van der Waals surface area (Å²) in [6, 6.07) is 10.7. The molecule has 0 saturated heterocycles. The Morgan fingerprint density at radius 3 is 2.40 bits per heavy atom. The maximum atomic E-state index is 13.2. The van der Waals surface area contributed by atoms with Crippen LogP contribution in [0.15, 0.2) is 42.6 Å². The monoisotopic (exact) mass is 435 g/mol. The number of thiazole rings is 1. The van der Waals surface area contributed by atoms with Crippen molar-refractivity contribution in [1.82, 2.24) is 9.97 Å². The van der Waals surface area contributed by atoms with E-state index in [1.807, 2.05) is 39.0 Å². The molecule has 1 N–H and O–H groups in total. The van der Waals surface area contributed by atoms with Crippen molar-refractivity contribution in [3.63, 3.8) is 0 Å². The first kappa shape index (κ1) is 21.8. The molecule has 0 amide bonds. The van der Waals surface area contributed by atoms with Crippen LogP contribution in [-0.4, -0.2) is 15.8 Å². The van der Waals surface area contributed by atoms with Gasteiger partial charge in [0.05, 0.1) is 0 Å². The fourth-order valence-electron chi connectivity index (χ4n) is 2.77. The van der Waals surface area contributed by atoms with Crippen molar-refractivity contribution in [1.29, 1.82) is 0 Å². The van der Waals surface area contributed by atoms with Crippen molar-refractivity contribution in [2.75, 3.05) is 5.32 Å². The molecule has 30 heavy (non-hydrogen) atoms. The molecule has 3 aromatic rings. The first-order valence-corrected chi connectivity index (χ1v) is 9.87. The van der Waals surface area contributed by atoms with Crippen molar-refractivity contribution in [2.24, 2.45) is 0 Å². The van der Waals surface area contributed by atoms with Gasteiger partial charge in [0.1, 0.15) is 16.3 Å². The molecule has 0 aliphatic carbocycles. The number of pyridine rings is 1. The third-order valence-electron chi connectivity index (χ3n) is 4.13. The lowest BCUT2D eigenvalue weighted by atomic mass is 9.86. The quantitative estimate of drug-likeness (QED) is 0.458. The minimum absolute atomic E-state index is 0.0746. The average Bonchev–Trinajstić information content (AvgIpc) is 3.08. The Bertz CT molecular complexity index is 1070. The number of nitrogens with zero attached hydrogens (tertiary/aromatic N) is 2. The van der Waals surface area contributed by atoms with Gasteiger partial charge in [0.25, 0.3) is 0 Å². The van der Waals surface area contributed by atoms with Crippen molar-refractivity contribution < 1.29 is 22.7 Å². The highest BCUT2D eigenvalue weighted by Gasteiger charge is 2.39. The number of hydrogen-bond donors (Lipinski definition) is 1. The number of Topliss-reactive ketones (excluding diaryl/α,β-unsaturated/α-hetero) is 1. The smallest absolute Gasteiger partial charge is 0.435 e. The third kappa shape index (κ3) is 4.79. The van der Waals surface area contributed by atoms with Crippen molar-refractivity contribution in [3.8, 4) is 11.6 Å². The van der Waals surface area contributed by atoms with Crippen LogP contribution in [0.1, 0.15) is 48.6 Å². The fourth-order valence-corrected chi connectivity index (χ4v) is 3.66. The lowest BCUT2D eigenvalue weighted by Crippen LogP contribution is -2.12. The molecule has 9 heteroatoms. The van der Waals surface area contributed by atoms with Gasteiger partial charge in [-0.15, -0.1) is 0 Å². The van der Waals surface area contributed by atoms with Crippen LogP contribution in [0.25, 0.3) is 0 Å². The van der Waals surface area contributed by atoms with E-state index < -0.39 is 22.5 Å². The number of benzene rings is 1. The molecule has 158 valence electrons. The van der Waals surface area contributed by atoms with E-state index in [1.165, 1.54) is 6.20 Å². The van der Waals surface area contributed by atoms with Gasteiger partial charge in [-0.05, 0) is 23.6 Å². The first-order valence-electron chi connectivity index (χ1n) is 9.05. The second kappa shape index (κ2) is 8.06. The number of nitrogens with one attached hydrogen (secondary N) is 1. The molecule has 1 aromatic carbocycles. The second-order valence-corrected chi connectivity index (χ2v) is 8.58. The number of ether oxygens (including phenoxy) is 1. The van der Waals surface area contributed by atoms with E-state index in [1.54, 1.807) is 18.2 Å². The average molecular weight is 435 g/mol. The van der Waals surface area contributed by atoms with E-state index in [-0.39, 0.29) is 16.4 Å². The van der Waals surface area contributed by atoms with E-state index >= 15 is 0 Å². The molecule has 0 radical (unpaired) electrons. The van der Waals surface area contributed by atoms with Gasteiger partial charge in [-0.1, -0.05) is 50.3 Å². The lowest BCUT2D eigenvalue weighted by molar-refractivity contribution is -0.140. The zero-order chi connectivity index (χ0) is 22.1. The van der Waals surface area contributed by atoms with Crippen LogP contribution in [0.3, 0.4) is 0 Å². The summed E-state index contributed by atoms with van der Waals surface area (Å²) in [4.78, 5) is 19.0. The zero-order valence-corrected chi connectivity index (χ0v) is 17.6. The van der Waals surface area contributed by atoms with Crippen molar-refractivity contribution in [2.45, 2.75) is 39.3 Å². The highest BCUT2D eigenvalue weighted by Crippen LogP contribution is 2.39. The molecule has 0 bridgehead atoms. The van der Waals surface area contributed by atoms with Gasteiger partial charge in [-0.3, -0.25) is 4.79 Å². The van der Waals surface area contributed by atoms with Crippen LogP contribution in [0.2, 0.25) is 0 Å². The minimum Gasteiger partial charge on any atom is -0.437 e. The maximum Gasteiger partial charge on any atom is 0.435 e. The molecule has 0 atom stereocenters. The predicted octanol–water partition coefficient (Wildman–Crippen LogP) is 6.59. The van der Waals surface area contributed by atoms with Gasteiger partial charge in [-0.2, -0.15) is 13.2 Å². The fraction of sp³-hybridized carbons (Fsp3) is 0.286. The Morgan fingerprint density at radius 2 is 1.80 bits per heavy atom. The Morgan fingerprint density at radius 1 is 1.10 bits per heavy atom. The summed E-state index contributed by atoms with van der Waals surface area (Å²) >= 11 is 0.637. The largest absolute Gasteiger partial charge is 0.437 e. The topological polar surface area (TPSA) is 64.1 Å². The van der Waals surface area contributed by atoms with Gasteiger partial charge < -0.3 is 10.1 Å². The summed E-state index contributed by atoms with van der Waals surface area (Å²) in [5, 5.41) is 2.73. The number of para-hydroxylation sites is 1. The number of alkyl halides is 3. The maximum absolute atomic E-state index is 13.2. The molecule has 2 heterocycles. The van der Waals surface area contributed by atoms with Gasteiger partial charge >= 0.3 is 6.18 Å². The number of aromatic nitrogens is 2. The number of ketones is 1. The zero-order valence-electron chi connectivity index (χ0n) is 16.8. The highest BCUT2D eigenvalue weighted by molar-refractivity contribution is 7.17. The summed E-state index contributed by atoms with van der Waals surface area (Å²) in [7, 11) is 0. The number of rotatable bonds is 5. The van der Waals surface area contributed by atoms with E-state index in [0.29, 0.717) is 22.8 Å². The van der Waals surface area contributed by atoms with Crippen molar-refractivity contribution in [3.05, 3.63) is 58.7 Å². The molecule has 3 rings (SSSR count). The van der Waals surface area contributed by atoms with Gasteiger partial charge in [0, 0.05) is 18.7 Å². The van der Waals surface area contributed by atoms with E-state index in [0.717, 1.165) is 12.5 Å². The van der Waals surface area contributed by atoms with E-state index in [9.17, 15) is 18.0 Å². The third-order valence-corrected chi connectivity index (χ3v) is 5.20. The summed E-state index contributed by atoms with van der Waals surface area (Å²) in [6.07, 6.45) is -3.21. The molecule has 5 nitrogen and oxygen atoms in total. The Kier molecular flexibility index (Phi) is 5.85. The molecule has 0 aliphatic heterocycles. The summed E-state index contributed by atoms with van der Waals surface area (Å²) in [6.45, 7) is 7.22. The Hall–Kier alpha value is -2.94. The second-order valence-electron chi connectivity index (χ2n) is 7.58. The molecule has 0 aliphatic rings. The van der Waals surface area contributed by atoms with Crippen LogP contribution in [0.5, 0.6) is 11.6 Å². The standard InChI is InChI=1S/C21H20F3N3O2S/c1-12(28)16-17(21(22,23)24)27-19(30-16)26-14-9-7-11-25-18(14)29-15-10-6-5-8-13(15)20(2,3)4/h5-11H,1-4H3,(H,26,27). The molecule has 0 unspecified atom stereocenters. The molecule has 2 aromatic heterocycles. The summed E-state index contributed by atoms with van der Waals surface area (Å²) in [5.41, 5.74) is -0.105. The number of hydrogen-bond acceptors (Lipinski definition) is 6. The number of anilines is 2. The lowest BCUT2D eigenvalue weighted by Gasteiger charge is -2.22. The number of carbonyl (C=O) groups is 1. The predicted molar refractivity (Wildman–Crippen MR) is 110 cm³/mol. The summed E-state index contributed by atoms with van der Waals surface area (Å²) < 4.78 is 45.6. The van der Waals surface area contributed by atoms with E-state index in [2.05, 4.69) is 15.3 Å². The van der Waals surface area contributed by atoms with Crippen LogP contribution >= 0.6 is 11.3 Å². The number of carbonyl (C=O) groups excluding carboxylic acids is 1. The van der Waals surface area contributed by atoms with Crippen LogP contribution in [-0.2, 0) is 11.6 Å². The summed E-state index contributed by atoms with van der Waals surface area (Å²) in [5.74, 6) is 0.0725.